The number of thioether (sulfide) groups is 2. The number of benzene rings is 5. The summed E-state index contributed by atoms with van der Waals surface area (Å²) in [5.41, 5.74) is 8.29. The number of carboxylic acids is 2. The van der Waals surface area contributed by atoms with Crippen molar-refractivity contribution in [3.63, 3.8) is 0 Å². The van der Waals surface area contributed by atoms with Crippen LogP contribution in [0.2, 0.25) is 0 Å². The molecule has 7 rings (SSSR count). The van der Waals surface area contributed by atoms with E-state index in [1.807, 2.05) is 97.1 Å². The van der Waals surface area contributed by atoms with Crippen LogP contribution in [-0.2, 0) is 19.2 Å². The van der Waals surface area contributed by atoms with E-state index < -0.39 is 36.8 Å². The van der Waals surface area contributed by atoms with Crippen molar-refractivity contribution in [1.82, 2.24) is 9.80 Å². The quantitative estimate of drug-likeness (QED) is 0.0712. The monoisotopic (exact) mass is 825 g/mol. The average molecular weight is 826 g/mol. The molecule has 0 spiro atoms. The van der Waals surface area contributed by atoms with Crippen LogP contribution in [0.5, 0.6) is 0 Å². The second kappa shape index (κ2) is 17.3. The fourth-order valence-corrected chi connectivity index (χ4v) is 8.70. The molecule has 0 aromatic heterocycles. The first-order valence-corrected chi connectivity index (χ1v) is 19.9. The zero-order valence-electron chi connectivity index (χ0n) is 29.9. The molecule has 2 aliphatic rings. The third kappa shape index (κ3) is 9.14. The highest BCUT2D eigenvalue weighted by molar-refractivity contribution is 8.27. The van der Waals surface area contributed by atoms with Gasteiger partial charge in [-0.1, -0.05) is 145 Å². The van der Waals surface area contributed by atoms with Gasteiger partial charge in [0.2, 0.25) is 0 Å². The largest absolute Gasteiger partial charge is 0.480 e. The lowest BCUT2D eigenvalue weighted by atomic mass is 9.95. The molecule has 2 fully saturated rings. The van der Waals surface area contributed by atoms with Crippen molar-refractivity contribution in [3.05, 3.63) is 171 Å². The molecule has 2 N–H and O–H groups in total. The first-order valence-electron chi connectivity index (χ1n) is 17.4. The fourth-order valence-electron chi connectivity index (χ4n) is 6.19. The number of carbonyl (C=O) groups is 4. The maximum Gasteiger partial charge on any atom is 0.323 e. The minimum Gasteiger partial charge on any atom is -0.480 e. The third-order valence-corrected chi connectivity index (χ3v) is 11.6. The van der Waals surface area contributed by atoms with Gasteiger partial charge in [-0.2, -0.15) is 0 Å². The van der Waals surface area contributed by atoms with Gasteiger partial charge in [0.15, 0.2) is 0 Å². The number of hydrogen-bond acceptors (Lipinski definition) is 9. The number of hydrogen-bond donors (Lipinski definition) is 2. The zero-order valence-corrected chi connectivity index (χ0v) is 33.1. The first-order chi connectivity index (χ1) is 27.5. The van der Waals surface area contributed by atoms with Gasteiger partial charge in [-0.3, -0.25) is 29.0 Å². The van der Waals surface area contributed by atoms with Crippen LogP contribution in [-0.4, -0.2) is 65.5 Å². The molecule has 5 aromatic carbocycles. The van der Waals surface area contributed by atoms with Crippen molar-refractivity contribution in [1.29, 1.82) is 0 Å². The van der Waals surface area contributed by atoms with Gasteiger partial charge in [-0.15, -0.1) is 0 Å². The maximum atomic E-state index is 12.9. The topological polar surface area (TPSA) is 118 Å². The predicted molar refractivity (Wildman–Crippen MR) is 236 cm³/mol. The minimum absolute atomic E-state index is 0.199. The molecular weight excluding hydrogens is 795 g/mol. The van der Waals surface area contributed by atoms with E-state index in [9.17, 15) is 29.4 Å². The summed E-state index contributed by atoms with van der Waals surface area (Å²) in [6.07, 6.45) is 5.56. The zero-order chi connectivity index (χ0) is 40.1. The lowest BCUT2D eigenvalue weighted by Gasteiger charge is -2.26. The summed E-state index contributed by atoms with van der Waals surface area (Å²) in [7, 11) is 0. The van der Waals surface area contributed by atoms with E-state index in [2.05, 4.69) is 47.4 Å². The molecule has 13 heteroatoms. The molecule has 5 aromatic rings. The second-order valence-electron chi connectivity index (χ2n) is 12.7. The Morgan fingerprint density at radius 2 is 0.895 bits per heavy atom. The van der Waals surface area contributed by atoms with Crippen LogP contribution in [0.15, 0.2) is 143 Å². The van der Waals surface area contributed by atoms with E-state index in [-0.39, 0.29) is 8.64 Å². The van der Waals surface area contributed by atoms with Crippen LogP contribution >= 0.6 is 48.0 Å². The molecule has 57 heavy (non-hydrogen) atoms. The number of aliphatic carboxylic acids is 2. The standard InChI is InChI=1S/C44H31N3O6S4/c48-39(49)26-45-41(52)37(56-43(45)54)24-29-13-19-34(20-14-29)47(35-21-15-30(16-22-35)25-38-42(53)46(27-40(50)51)44(55)57-38)33-17-11-28(12-18-33)23-36(31-7-3-1-4-8-31)32-9-5-2-6-10-32/h1-25H,26-27H2,(H,48,49)(H,50,51). The lowest BCUT2D eigenvalue weighted by Crippen LogP contribution is -2.33. The molecule has 9 nitrogen and oxygen atoms in total. The SMILES string of the molecule is O=C(O)CN1C(=O)C(=Cc2ccc(N(c3ccc(C=C4SC(=S)N(CC(=O)O)C4=O)cc3)c3ccc(C=C(c4ccccc4)c4ccccc4)cc3)cc2)SC1=S. The Labute approximate surface area is 347 Å². The summed E-state index contributed by atoms with van der Waals surface area (Å²) >= 11 is 12.7. The molecule has 0 bridgehead atoms. The number of carboxylic acid groups (broad SMARTS) is 2. The summed E-state index contributed by atoms with van der Waals surface area (Å²) < 4.78 is 0.398. The average Bonchev–Trinajstić information content (AvgIpc) is 3.62. The Bertz CT molecular complexity index is 2340. The Morgan fingerprint density at radius 1 is 0.544 bits per heavy atom. The fraction of sp³-hybridized carbons (Fsp3) is 0.0455. The number of carbonyl (C=O) groups excluding carboxylic acids is 2. The van der Waals surface area contributed by atoms with E-state index >= 15 is 0 Å². The molecule has 0 saturated carbocycles. The summed E-state index contributed by atoms with van der Waals surface area (Å²) in [5, 5.41) is 18.4. The molecule has 2 saturated heterocycles. The van der Waals surface area contributed by atoms with E-state index in [1.54, 1.807) is 12.2 Å². The Balaban J connectivity index is 1.22. The van der Waals surface area contributed by atoms with Gasteiger partial charge in [0.25, 0.3) is 11.8 Å². The van der Waals surface area contributed by atoms with E-state index in [4.69, 9.17) is 24.4 Å². The van der Waals surface area contributed by atoms with Crippen LogP contribution in [0, 0.1) is 0 Å². The molecule has 0 atom stereocenters. The van der Waals surface area contributed by atoms with Gasteiger partial charge in [0.1, 0.15) is 21.7 Å². The van der Waals surface area contributed by atoms with E-state index in [0.29, 0.717) is 9.81 Å². The van der Waals surface area contributed by atoms with Crippen LogP contribution in [0.25, 0.3) is 23.8 Å². The smallest absolute Gasteiger partial charge is 0.323 e. The van der Waals surface area contributed by atoms with Crippen molar-refractivity contribution >= 4 is 121 Å². The number of rotatable bonds is 12. The van der Waals surface area contributed by atoms with Crippen molar-refractivity contribution in [2.45, 2.75) is 0 Å². The highest BCUT2D eigenvalue weighted by Gasteiger charge is 2.34. The lowest BCUT2D eigenvalue weighted by molar-refractivity contribution is -0.140. The van der Waals surface area contributed by atoms with Crippen LogP contribution in [0.4, 0.5) is 17.1 Å². The van der Waals surface area contributed by atoms with Crippen molar-refractivity contribution in [2.75, 3.05) is 18.0 Å². The number of thiocarbonyl (C=S) groups is 2. The van der Waals surface area contributed by atoms with E-state index in [1.165, 1.54) is 0 Å². The molecule has 0 aliphatic carbocycles. The Morgan fingerprint density at radius 3 is 1.25 bits per heavy atom. The minimum atomic E-state index is -1.14. The Kier molecular flexibility index (Phi) is 11.9. The van der Waals surface area contributed by atoms with Crippen LogP contribution in [0.1, 0.15) is 27.8 Å². The summed E-state index contributed by atoms with van der Waals surface area (Å²) in [6.45, 7) is -0.988. The van der Waals surface area contributed by atoms with Crippen molar-refractivity contribution in [2.24, 2.45) is 0 Å². The number of amides is 2. The molecule has 2 heterocycles. The van der Waals surface area contributed by atoms with Gasteiger partial charge < -0.3 is 15.1 Å². The Hall–Kier alpha value is -6.12. The number of anilines is 3. The molecule has 282 valence electrons. The van der Waals surface area contributed by atoms with Crippen LogP contribution < -0.4 is 4.90 Å². The van der Waals surface area contributed by atoms with Crippen molar-refractivity contribution < 1.29 is 29.4 Å². The van der Waals surface area contributed by atoms with Gasteiger partial charge in [-0.05, 0) is 88.0 Å². The normalized spacial score (nSPS) is 15.4. The first kappa shape index (κ1) is 39.1. The molecular formula is C44H31N3O6S4. The summed E-state index contributed by atoms with van der Waals surface area (Å²) in [4.78, 5) is 53.2. The number of nitrogens with zero attached hydrogens (tertiary/aromatic N) is 3. The summed E-state index contributed by atoms with van der Waals surface area (Å²) in [5.74, 6) is -3.18. The third-order valence-electron chi connectivity index (χ3n) is 8.86. The van der Waals surface area contributed by atoms with E-state index in [0.717, 1.165) is 83.8 Å². The van der Waals surface area contributed by atoms with Gasteiger partial charge in [0.05, 0.1) is 9.81 Å². The molecule has 2 aliphatic heterocycles. The van der Waals surface area contributed by atoms with Gasteiger partial charge in [-0.25, -0.2) is 0 Å². The second-order valence-corrected chi connectivity index (χ2v) is 16.1. The van der Waals surface area contributed by atoms with Crippen molar-refractivity contribution in [3.8, 4) is 0 Å². The van der Waals surface area contributed by atoms with Crippen LogP contribution in [0.3, 0.4) is 0 Å². The molecule has 2 amide bonds. The highest BCUT2D eigenvalue weighted by Crippen LogP contribution is 2.38. The maximum absolute atomic E-state index is 12.9. The van der Waals surface area contributed by atoms with Gasteiger partial charge >= 0.3 is 11.9 Å². The summed E-state index contributed by atoms with van der Waals surface area (Å²) in [6, 6.07) is 43.9. The molecule has 0 radical (unpaired) electrons. The molecule has 0 unspecified atom stereocenters. The van der Waals surface area contributed by atoms with Gasteiger partial charge in [0, 0.05) is 17.1 Å². The highest BCUT2D eigenvalue weighted by atomic mass is 32.2. The predicted octanol–water partition coefficient (Wildman–Crippen LogP) is 9.32.